The highest BCUT2D eigenvalue weighted by atomic mass is 19.1. The Hall–Kier alpha value is -3.03. The zero-order chi connectivity index (χ0) is 18.7. The lowest BCUT2D eigenvalue weighted by molar-refractivity contribution is 0.629. The van der Waals surface area contributed by atoms with Crippen molar-refractivity contribution in [3.63, 3.8) is 0 Å². The van der Waals surface area contributed by atoms with Crippen molar-refractivity contribution >= 4 is 28.6 Å². The molecule has 0 aliphatic carbocycles. The lowest BCUT2D eigenvalue weighted by Crippen LogP contribution is -2.26. The van der Waals surface area contributed by atoms with Gasteiger partial charge < -0.3 is 16.0 Å². The van der Waals surface area contributed by atoms with Crippen molar-refractivity contribution in [2.75, 3.05) is 29.0 Å². The molecule has 26 heavy (non-hydrogen) atoms. The Morgan fingerprint density at radius 2 is 1.92 bits per heavy atom. The summed E-state index contributed by atoms with van der Waals surface area (Å²) in [5, 5.41) is 4.11. The summed E-state index contributed by atoms with van der Waals surface area (Å²) in [4.78, 5) is 18.9. The molecule has 1 aromatic carbocycles. The Labute approximate surface area is 151 Å². The SMILES string of the molecule is CCN(CC)c1nc2cc(F)ccc2cc1[C@H](C)Nc1ncnc(N)n1. The smallest absolute Gasteiger partial charge is 0.227 e. The largest absolute Gasteiger partial charge is 0.368 e. The Morgan fingerprint density at radius 3 is 2.62 bits per heavy atom. The van der Waals surface area contributed by atoms with Crippen molar-refractivity contribution in [2.45, 2.75) is 26.8 Å². The summed E-state index contributed by atoms with van der Waals surface area (Å²) in [6.07, 6.45) is 1.37. The zero-order valence-electron chi connectivity index (χ0n) is 15.1. The number of nitrogen functional groups attached to an aromatic ring is 1. The van der Waals surface area contributed by atoms with Crippen LogP contribution in [0.4, 0.5) is 22.1 Å². The third-order valence-electron chi connectivity index (χ3n) is 4.25. The number of pyridine rings is 1. The molecule has 7 nitrogen and oxygen atoms in total. The lowest BCUT2D eigenvalue weighted by atomic mass is 10.1. The van der Waals surface area contributed by atoms with Gasteiger partial charge in [-0.2, -0.15) is 4.98 Å². The first-order chi connectivity index (χ1) is 12.5. The topological polar surface area (TPSA) is 92.9 Å². The van der Waals surface area contributed by atoms with Gasteiger partial charge in [0.15, 0.2) is 0 Å². The van der Waals surface area contributed by atoms with Crippen LogP contribution in [0.3, 0.4) is 0 Å². The number of rotatable bonds is 6. The Morgan fingerprint density at radius 1 is 1.15 bits per heavy atom. The van der Waals surface area contributed by atoms with E-state index in [1.807, 2.05) is 13.0 Å². The van der Waals surface area contributed by atoms with Crippen LogP contribution in [0.1, 0.15) is 32.4 Å². The van der Waals surface area contributed by atoms with Crippen LogP contribution >= 0.6 is 0 Å². The molecule has 0 spiro atoms. The van der Waals surface area contributed by atoms with E-state index in [9.17, 15) is 4.39 Å². The number of nitrogens with zero attached hydrogens (tertiary/aromatic N) is 5. The van der Waals surface area contributed by atoms with Crippen LogP contribution in [-0.4, -0.2) is 33.0 Å². The number of anilines is 3. The first-order valence-corrected chi connectivity index (χ1v) is 8.58. The number of nitrogens with two attached hydrogens (primary N) is 1. The van der Waals surface area contributed by atoms with Gasteiger partial charge in [-0.15, -0.1) is 0 Å². The van der Waals surface area contributed by atoms with Crippen LogP contribution in [0, 0.1) is 5.82 Å². The molecule has 0 bridgehead atoms. The van der Waals surface area contributed by atoms with E-state index >= 15 is 0 Å². The van der Waals surface area contributed by atoms with E-state index in [1.165, 1.54) is 18.5 Å². The average Bonchev–Trinajstić information content (AvgIpc) is 2.62. The van der Waals surface area contributed by atoms with E-state index < -0.39 is 0 Å². The summed E-state index contributed by atoms with van der Waals surface area (Å²) in [7, 11) is 0. The summed E-state index contributed by atoms with van der Waals surface area (Å²) in [5.41, 5.74) is 7.23. The van der Waals surface area contributed by atoms with Gasteiger partial charge in [0, 0.05) is 30.1 Å². The molecule has 0 aliphatic rings. The second-order valence-electron chi connectivity index (χ2n) is 5.94. The molecule has 136 valence electrons. The predicted octanol–water partition coefficient (Wildman–Crippen LogP) is 3.16. The fourth-order valence-corrected chi connectivity index (χ4v) is 2.89. The van der Waals surface area contributed by atoms with Gasteiger partial charge in [-0.05, 0) is 39.0 Å². The van der Waals surface area contributed by atoms with Crippen molar-refractivity contribution in [1.82, 2.24) is 19.9 Å². The van der Waals surface area contributed by atoms with Gasteiger partial charge in [-0.3, -0.25) is 0 Å². The number of halogens is 1. The minimum absolute atomic E-state index is 0.130. The molecule has 0 aliphatic heterocycles. The van der Waals surface area contributed by atoms with Crippen molar-refractivity contribution in [3.05, 3.63) is 42.0 Å². The third-order valence-corrected chi connectivity index (χ3v) is 4.25. The van der Waals surface area contributed by atoms with Gasteiger partial charge in [-0.25, -0.2) is 19.3 Å². The van der Waals surface area contributed by atoms with E-state index in [0.29, 0.717) is 11.5 Å². The Balaban J connectivity index is 2.06. The number of hydrogen-bond acceptors (Lipinski definition) is 7. The quantitative estimate of drug-likeness (QED) is 0.701. The van der Waals surface area contributed by atoms with Crippen LogP contribution in [0.25, 0.3) is 10.9 Å². The minimum Gasteiger partial charge on any atom is -0.368 e. The molecule has 1 atom stereocenters. The molecule has 0 radical (unpaired) electrons. The molecule has 3 N–H and O–H groups in total. The average molecular weight is 355 g/mol. The highest BCUT2D eigenvalue weighted by molar-refractivity contribution is 5.82. The van der Waals surface area contributed by atoms with E-state index in [1.54, 1.807) is 6.07 Å². The van der Waals surface area contributed by atoms with Gasteiger partial charge in [0.05, 0.1) is 11.6 Å². The summed E-state index contributed by atoms with van der Waals surface area (Å²) >= 11 is 0. The van der Waals surface area contributed by atoms with Gasteiger partial charge in [0.1, 0.15) is 18.0 Å². The molecule has 8 heteroatoms. The van der Waals surface area contributed by atoms with E-state index in [-0.39, 0.29) is 17.8 Å². The Kier molecular flexibility index (Phi) is 5.11. The molecule has 0 amide bonds. The molecule has 2 aromatic heterocycles. The number of aromatic nitrogens is 4. The second kappa shape index (κ2) is 7.47. The van der Waals surface area contributed by atoms with E-state index in [4.69, 9.17) is 10.7 Å². The maximum atomic E-state index is 13.6. The van der Waals surface area contributed by atoms with Gasteiger partial charge in [-0.1, -0.05) is 0 Å². The molecule has 0 fully saturated rings. The summed E-state index contributed by atoms with van der Waals surface area (Å²) in [6, 6.07) is 6.53. The van der Waals surface area contributed by atoms with Crippen LogP contribution in [0.2, 0.25) is 0 Å². The lowest BCUT2D eigenvalue weighted by Gasteiger charge is -2.26. The predicted molar refractivity (Wildman–Crippen MR) is 102 cm³/mol. The van der Waals surface area contributed by atoms with E-state index in [0.717, 1.165) is 29.9 Å². The van der Waals surface area contributed by atoms with Crippen molar-refractivity contribution < 1.29 is 4.39 Å². The first-order valence-electron chi connectivity index (χ1n) is 8.58. The van der Waals surface area contributed by atoms with Gasteiger partial charge in [0.25, 0.3) is 0 Å². The van der Waals surface area contributed by atoms with Crippen LogP contribution in [0.15, 0.2) is 30.6 Å². The highest BCUT2D eigenvalue weighted by Gasteiger charge is 2.18. The number of benzene rings is 1. The van der Waals surface area contributed by atoms with Crippen LogP contribution in [-0.2, 0) is 0 Å². The monoisotopic (exact) mass is 355 g/mol. The van der Waals surface area contributed by atoms with Gasteiger partial charge >= 0.3 is 0 Å². The molecular formula is C18H22FN7. The minimum atomic E-state index is -0.296. The number of hydrogen-bond donors (Lipinski definition) is 2. The second-order valence-corrected chi connectivity index (χ2v) is 5.94. The summed E-state index contributed by atoms with van der Waals surface area (Å²) in [6.45, 7) is 7.72. The molecular weight excluding hydrogens is 333 g/mol. The third kappa shape index (κ3) is 3.63. The fraction of sp³-hybridized carbons (Fsp3) is 0.333. The van der Waals surface area contributed by atoms with Crippen molar-refractivity contribution in [1.29, 1.82) is 0 Å². The fourth-order valence-electron chi connectivity index (χ4n) is 2.89. The van der Waals surface area contributed by atoms with Gasteiger partial charge in [0.2, 0.25) is 11.9 Å². The molecule has 3 aromatic rings. The first kappa shape index (κ1) is 17.8. The zero-order valence-corrected chi connectivity index (χ0v) is 15.1. The van der Waals surface area contributed by atoms with Crippen LogP contribution < -0.4 is 16.0 Å². The summed E-state index contributed by atoms with van der Waals surface area (Å²) < 4.78 is 13.6. The molecule has 0 saturated carbocycles. The van der Waals surface area contributed by atoms with Crippen molar-refractivity contribution in [3.8, 4) is 0 Å². The number of nitrogens with one attached hydrogen (secondary N) is 1. The molecule has 2 heterocycles. The number of fused-ring (bicyclic) bond motifs is 1. The molecule has 0 saturated heterocycles. The standard InChI is InChI=1S/C18H22FN7/c1-4-26(5-2)16-14(8-12-6-7-13(19)9-15(12)24-16)11(3)23-18-22-10-21-17(20)25-18/h6-11H,4-5H2,1-3H3,(H3,20,21,22,23,25)/t11-/m0/s1. The molecule has 0 unspecified atom stereocenters. The summed E-state index contributed by atoms with van der Waals surface area (Å²) in [5.74, 6) is 1.07. The van der Waals surface area contributed by atoms with E-state index in [2.05, 4.69) is 39.0 Å². The normalized spacial score (nSPS) is 12.2. The Bertz CT molecular complexity index is 911. The molecule has 3 rings (SSSR count). The highest BCUT2D eigenvalue weighted by Crippen LogP contribution is 2.30. The van der Waals surface area contributed by atoms with Crippen molar-refractivity contribution in [2.24, 2.45) is 0 Å². The van der Waals surface area contributed by atoms with Crippen LogP contribution in [0.5, 0.6) is 0 Å². The maximum absolute atomic E-state index is 13.6. The maximum Gasteiger partial charge on any atom is 0.227 e.